The van der Waals surface area contributed by atoms with E-state index in [0.29, 0.717) is 25.6 Å². The van der Waals surface area contributed by atoms with Gasteiger partial charge in [-0.25, -0.2) is 4.79 Å². The molecule has 2 aromatic rings. The van der Waals surface area contributed by atoms with Gasteiger partial charge < -0.3 is 15.7 Å². The molecule has 1 saturated carbocycles. The molecule has 7 nitrogen and oxygen atoms in total. The van der Waals surface area contributed by atoms with E-state index < -0.39 is 5.97 Å². The number of anilines is 1. The number of hydrogen-bond donors (Lipinski definition) is 3. The van der Waals surface area contributed by atoms with Gasteiger partial charge in [0.2, 0.25) is 11.8 Å². The fourth-order valence-corrected chi connectivity index (χ4v) is 3.37. The Morgan fingerprint density at radius 3 is 2.39 bits per heavy atom. The summed E-state index contributed by atoms with van der Waals surface area (Å²) in [4.78, 5) is 37.8. The van der Waals surface area contributed by atoms with E-state index >= 15 is 0 Å². The monoisotopic (exact) mass is 423 g/mol. The molecule has 2 amide bonds. The summed E-state index contributed by atoms with van der Waals surface area (Å²) in [5.41, 5.74) is 3.99. The molecule has 0 unspecified atom stereocenters. The third kappa shape index (κ3) is 6.93. The van der Waals surface area contributed by atoms with Gasteiger partial charge in [-0.1, -0.05) is 24.3 Å². The van der Waals surface area contributed by atoms with Gasteiger partial charge in [-0.05, 0) is 61.6 Å². The van der Waals surface area contributed by atoms with Crippen molar-refractivity contribution in [1.29, 1.82) is 0 Å². The predicted octanol–water partition coefficient (Wildman–Crippen LogP) is 3.11. The van der Waals surface area contributed by atoms with Crippen LogP contribution < -0.4 is 10.6 Å². The number of aromatic carboxylic acids is 1. The van der Waals surface area contributed by atoms with Crippen LogP contribution in [0.4, 0.5) is 5.69 Å². The number of rotatable bonds is 10. The second-order valence-corrected chi connectivity index (χ2v) is 8.10. The standard InChI is InChI=1S/C24H29N3O4/c1-16-3-4-17(2)21(13-16)26-23(29)15-27(20-9-10-20)12-11-22(28)25-14-18-5-7-19(8-6-18)24(30)31/h3-8,13,20H,9-12,14-15H2,1-2H3,(H,25,28)(H,26,29)(H,30,31). The Labute approximate surface area is 182 Å². The first-order valence-corrected chi connectivity index (χ1v) is 10.5. The van der Waals surface area contributed by atoms with Crippen molar-refractivity contribution in [2.45, 2.75) is 45.7 Å². The zero-order valence-electron chi connectivity index (χ0n) is 18.0. The maximum Gasteiger partial charge on any atom is 0.335 e. The van der Waals surface area contributed by atoms with Crippen molar-refractivity contribution in [2.75, 3.05) is 18.4 Å². The highest BCUT2D eigenvalue weighted by Gasteiger charge is 2.30. The molecule has 3 rings (SSSR count). The van der Waals surface area contributed by atoms with Crippen molar-refractivity contribution < 1.29 is 19.5 Å². The summed E-state index contributed by atoms with van der Waals surface area (Å²) in [5, 5.41) is 14.8. The van der Waals surface area contributed by atoms with Crippen LogP contribution in [0.2, 0.25) is 0 Å². The quantitative estimate of drug-likeness (QED) is 0.545. The van der Waals surface area contributed by atoms with Crippen molar-refractivity contribution in [1.82, 2.24) is 10.2 Å². The molecule has 7 heteroatoms. The second-order valence-electron chi connectivity index (χ2n) is 8.10. The molecule has 1 fully saturated rings. The number of hydrogen-bond acceptors (Lipinski definition) is 4. The number of nitrogens with one attached hydrogen (secondary N) is 2. The number of benzene rings is 2. The molecule has 0 atom stereocenters. The van der Waals surface area contributed by atoms with Gasteiger partial charge >= 0.3 is 5.97 Å². The van der Waals surface area contributed by atoms with Gasteiger partial charge in [-0.2, -0.15) is 0 Å². The number of carbonyl (C=O) groups excluding carboxylic acids is 2. The molecule has 0 aromatic heterocycles. The zero-order chi connectivity index (χ0) is 22.4. The normalized spacial score (nSPS) is 13.1. The minimum absolute atomic E-state index is 0.0699. The van der Waals surface area contributed by atoms with E-state index in [0.717, 1.165) is 35.2 Å². The Morgan fingerprint density at radius 2 is 1.74 bits per heavy atom. The fourth-order valence-electron chi connectivity index (χ4n) is 3.37. The molecule has 1 aliphatic carbocycles. The molecule has 2 aromatic carbocycles. The highest BCUT2D eigenvalue weighted by atomic mass is 16.4. The molecule has 3 N–H and O–H groups in total. The van der Waals surface area contributed by atoms with Crippen molar-refractivity contribution >= 4 is 23.5 Å². The Morgan fingerprint density at radius 1 is 1.03 bits per heavy atom. The first kappa shape index (κ1) is 22.5. The van der Waals surface area contributed by atoms with E-state index in [1.807, 2.05) is 32.0 Å². The molecule has 0 saturated heterocycles. The topological polar surface area (TPSA) is 98.7 Å². The fraction of sp³-hybridized carbons (Fsp3) is 0.375. The second kappa shape index (κ2) is 10.2. The zero-order valence-corrected chi connectivity index (χ0v) is 18.0. The van der Waals surface area contributed by atoms with Crippen LogP contribution >= 0.6 is 0 Å². The molecule has 1 aliphatic rings. The first-order valence-electron chi connectivity index (χ1n) is 10.5. The third-order valence-electron chi connectivity index (χ3n) is 5.39. The molecule has 164 valence electrons. The molecule has 0 bridgehead atoms. The smallest absolute Gasteiger partial charge is 0.335 e. The van der Waals surface area contributed by atoms with Gasteiger partial charge in [0.25, 0.3) is 0 Å². The van der Waals surface area contributed by atoms with Crippen LogP contribution in [-0.2, 0) is 16.1 Å². The number of nitrogens with zero attached hydrogens (tertiary/aromatic N) is 1. The largest absolute Gasteiger partial charge is 0.478 e. The molecular formula is C24H29N3O4. The van der Waals surface area contributed by atoms with Crippen LogP contribution in [0.15, 0.2) is 42.5 Å². The lowest BCUT2D eigenvalue weighted by molar-refractivity contribution is -0.122. The lowest BCUT2D eigenvalue weighted by atomic mass is 10.1. The summed E-state index contributed by atoms with van der Waals surface area (Å²) in [7, 11) is 0. The summed E-state index contributed by atoms with van der Waals surface area (Å²) < 4.78 is 0. The Bertz CT molecular complexity index is 952. The molecule has 31 heavy (non-hydrogen) atoms. The van der Waals surface area contributed by atoms with E-state index in [1.54, 1.807) is 12.1 Å². The summed E-state index contributed by atoms with van der Waals surface area (Å²) >= 11 is 0. The Kier molecular flexibility index (Phi) is 7.41. The lowest BCUT2D eigenvalue weighted by Crippen LogP contribution is -2.37. The Balaban J connectivity index is 1.45. The van der Waals surface area contributed by atoms with Crippen molar-refractivity contribution in [3.05, 3.63) is 64.7 Å². The number of amides is 2. The minimum Gasteiger partial charge on any atom is -0.478 e. The molecule has 0 radical (unpaired) electrons. The molecule has 0 spiro atoms. The van der Waals surface area contributed by atoms with E-state index in [2.05, 4.69) is 15.5 Å². The van der Waals surface area contributed by atoms with E-state index in [1.165, 1.54) is 12.1 Å². The van der Waals surface area contributed by atoms with Crippen LogP contribution in [0.3, 0.4) is 0 Å². The van der Waals surface area contributed by atoms with Gasteiger partial charge in [0.05, 0.1) is 12.1 Å². The summed E-state index contributed by atoms with van der Waals surface area (Å²) in [6, 6.07) is 12.8. The predicted molar refractivity (Wildman–Crippen MR) is 119 cm³/mol. The molecular weight excluding hydrogens is 394 g/mol. The summed E-state index contributed by atoms with van der Waals surface area (Å²) in [5.74, 6) is -1.14. The van der Waals surface area contributed by atoms with Crippen LogP contribution in [-0.4, -0.2) is 46.9 Å². The van der Waals surface area contributed by atoms with Crippen molar-refractivity contribution in [3.63, 3.8) is 0 Å². The maximum absolute atomic E-state index is 12.6. The number of carboxylic acids is 1. The maximum atomic E-state index is 12.6. The average molecular weight is 424 g/mol. The first-order chi connectivity index (χ1) is 14.8. The van der Waals surface area contributed by atoms with Crippen molar-refractivity contribution in [2.24, 2.45) is 0 Å². The third-order valence-corrected chi connectivity index (χ3v) is 5.39. The number of carboxylic acid groups (broad SMARTS) is 1. The molecule has 0 heterocycles. The van der Waals surface area contributed by atoms with Gasteiger partial charge in [0, 0.05) is 31.2 Å². The van der Waals surface area contributed by atoms with Gasteiger partial charge in [-0.3, -0.25) is 14.5 Å². The average Bonchev–Trinajstić information content (AvgIpc) is 3.58. The summed E-state index contributed by atoms with van der Waals surface area (Å²) in [6.07, 6.45) is 2.41. The summed E-state index contributed by atoms with van der Waals surface area (Å²) in [6.45, 7) is 5.09. The van der Waals surface area contributed by atoms with E-state index in [4.69, 9.17) is 5.11 Å². The highest BCUT2D eigenvalue weighted by molar-refractivity contribution is 5.93. The number of carbonyl (C=O) groups is 3. The van der Waals surface area contributed by atoms with E-state index in [-0.39, 0.29) is 23.9 Å². The highest BCUT2D eigenvalue weighted by Crippen LogP contribution is 2.27. The van der Waals surface area contributed by atoms with Crippen molar-refractivity contribution in [3.8, 4) is 0 Å². The lowest BCUT2D eigenvalue weighted by Gasteiger charge is -2.21. The van der Waals surface area contributed by atoms with Gasteiger partial charge in [0.15, 0.2) is 0 Å². The van der Waals surface area contributed by atoms with Crippen LogP contribution in [0.25, 0.3) is 0 Å². The van der Waals surface area contributed by atoms with Crippen LogP contribution in [0.5, 0.6) is 0 Å². The Hall–Kier alpha value is -3.19. The molecule has 0 aliphatic heterocycles. The van der Waals surface area contributed by atoms with Gasteiger partial charge in [-0.15, -0.1) is 0 Å². The van der Waals surface area contributed by atoms with Crippen LogP contribution in [0.1, 0.15) is 46.3 Å². The van der Waals surface area contributed by atoms with E-state index in [9.17, 15) is 14.4 Å². The number of aryl methyl sites for hydroxylation is 2. The minimum atomic E-state index is -0.975. The SMILES string of the molecule is Cc1ccc(C)c(NC(=O)CN(CCC(=O)NCc2ccc(C(=O)O)cc2)C2CC2)c1. The van der Waals surface area contributed by atoms with Gasteiger partial charge in [0.1, 0.15) is 0 Å². The van der Waals surface area contributed by atoms with Crippen LogP contribution in [0, 0.1) is 13.8 Å².